The Bertz CT molecular complexity index is 728. The van der Waals surface area contributed by atoms with E-state index in [0.29, 0.717) is 21.8 Å². The van der Waals surface area contributed by atoms with E-state index >= 15 is 0 Å². The van der Waals surface area contributed by atoms with Crippen molar-refractivity contribution >= 4 is 35.4 Å². The number of benzene rings is 2. The highest BCUT2D eigenvalue weighted by Crippen LogP contribution is 2.25. The molecule has 7 heteroatoms. The quantitative estimate of drug-likeness (QED) is 0.347. The van der Waals surface area contributed by atoms with Crippen molar-refractivity contribution in [1.82, 2.24) is 5.43 Å². The molecule has 0 saturated heterocycles. The second-order valence-corrected chi connectivity index (χ2v) is 4.68. The van der Waals surface area contributed by atoms with Crippen molar-refractivity contribution in [3.63, 3.8) is 0 Å². The largest absolute Gasteiger partial charge is 0.388 e. The molecule has 2 aromatic carbocycles. The summed E-state index contributed by atoms with van der Waals surface area (Å²) in [4.78, 5) is 16.7. The first-order valence-corrected chi connectivity index (χ1v) is 6.72. The van der Waals surface area contributed by atoms with Gasteiger partial charge in [-0.05, 0) is 18.2 Å². The van der Waals surface area contributed by atoms with E-state index in [1.165, 1.54) is 0 Å². The molecule has 0 radical (unpaired) electrons. The van der Waals surface area contributed by atoms with Gasteiger partial charge in [-0.2, -0.15) is 5.10 Å². The molecular formula is C15H14ClN5O. The normalized spacial score (nSPS) is 11.6. The Balaban J connectivity index is 2.42. The zero-order valence-electron chi connectivity index (χ0n) is 11.5. The fourth-order valence-electron chi connectivity index (χ4n) is 1.79. The van der Waals surface area contributed by atoms with Crippen LogP contribution in [0.2, 0.25) is 5.02 Å². The molecule has 0 unspecified atom stereocenters. The highest BCUT2D eigenvalue weighted by atomic mass is 35.5. The molecule has 22 heavy (non-hydrogen) atoms. The molecule has 0 fully saturated rings. The van der Waals surface area contributed by atoms with Crippen LogP contribution in [-0.2, 0) is 0 Å². The van der Waals surface area contributed by atoms with E-state index < -0.39 is 0 Å². The summed E-state index contributed by atoms with van der Waals surface area (Å²) < 4.78 is 0. The molecule has 0 spiro atoms. The maximum Gasteiger partial charge on any atom is 0.214 e. The number of carbonyl (C=O) groups is 1. The average Bonchev–Trinajstić information content (AvgIpc) is 2.54. The Morgan fingerprint density at radius 3 is 2.59 bits per heavy atom. The standard InChI is InChI=1S/C15H14ClN5O/c16-11-6-7-13(20-15(18)21-19-9-17)12(8-11)14(22)10-4-2-1-3-5-10/h1-9H,(H2,17,19)(H3,18,20,21). The maximum absolute atomic E-state index is 12.6. The van der Waals surface area contributed by atoms with Crippen LogP contribution in [-0.4, -0.2) is 18.1 Å². The zero-order valence-corrected chi connectivity index (χ0v) is 12.3. The van der Waals surface area contributed by atoms with Crippen molar-refractivity contribution in [3.8, 4) is 0 Å². The van der Waals surface area contributed by atoms with Crippen LogP contribution in [0.5, 0.6) is 0 Å². The van der Waals surface area contributed by atoms with Gasteiger partial charge in [0.1, 0.15) is 6.34 Å². The van der Waals surface area contributed by atoms with Crippen LogP contribution in [0.3, 0.4) is 0 Å². The lowest BCUT2D eigenvalue weighted by atomic mass is 10.0. The van der Waals surface area contributed by atoms with E-state index in [1.807, 2.05) is 6.07 Å². The number of nitrogens with two attached hydrogens (primary N) is 2. The third-order valence-electron chi connectivity index (χ3n) is 2.73. The van der Waals surface area contributed by atoms with Gasteiger partial charge in [0.05, 0.1) is 5.69 Å². The molecular weight excluding hydrogens is 302 g/mol. The number of nitrogens with zero attached hydrogens (tertiary/aromatic N) is 2. The molecule has 112 valence electrons. The molecule has 0 saturated carbocycles. The van der Waals surface area contributed by atoms with E-state index in [9.17, 15) is 4.79 Å². The van der Waals surface area contributed by atoms with Crippen molar-refractivity contribution in [3.05, 3.63) is 64.7 Å². The molecule has 0 atom stereocenters. The molecule has 2 rings (SSSR count). The number of hydrogen-bond donors (Lipinski definition) is 3. The molecule has 0 aliphatic heterocycles. The molecule has 2 aromatic rings. The third-order valence-corrected chi connectivity index (χ3v) is 2.97. The van der Waals surface area contributed by atoms with E-state index in [1.54, 1.807) is 42.5 Å². The predicted molar refractivity (Wildman–Crippen MR) is 88.4 cm³/mol. The number of nitrogens with one attached hydrogen (secondary N) is 1. The van der Waals surface area contributed by atoms with Crippen molar-refractivity contribution < 1.29 is 4.79 Å². The van der Waals surface area contributed by atoms with Gasteiger partial charge < -0.3 is 11.5 Å². The first-order valence-electron chi connectivity index (χ1n) is 6.34. The third kappa shape index (κ3) is 3.83. The number of rotatable bonds is 4. The number of hydrogen-bond acceptors (Lipinski definition) is 3. The van der Waals surface area contributed by atoms with E-state index in [-0.39, 0.29) is 11.7 Å². The van der Waals surface area contributed by atoms with E-state index in [4.69, 9.17) is 23.1 Å². The van der Waals surface area contributed by atoms with Crippen LogP contribution >= 0.6 is 11.6 Å². The Kier molecular flexibility index (Phi) is 5.11. The molecule has 0 aliphatic carbocycles. The highest BCUT2D eigenvalue weighted by Gasteiger charge is 2.14. The Morgan fingerprint density at radius 1 is 1.18 bits per heavy atom. The maximum atomic E-state index is 12.6. The van der Waals surface area contributed by atoms with E-state index in [2.05, 4.69) is 15.5 Å². The van der Waals surface area contributed by atoms with Gasteiger partial charge in [0.25, 0.3) is 0 Å². The molecule has 0 aliphatic rings. The Morgan fingerprint density at radius 2 is 1.91 bits per heavy atom. The van der Waals surface area contributed by atoms with Gasteiger partial charge in [-0.1, -0.05) is 41.9 Å². The number of halogens is 1. The number of ketones is 1. The van der Waals surface area contributed by atoms with Crippen molar-refractivity contribution in [2.75, 3.05) is 0 Å². The van der Waals surface area contributed by atoms with Gasteiger partial charge >= 0.3 is 0 Å². The number of guanidine groups is 1. The summed E-state index contributed by atoms with van der Waals surface area (Å²) in [6.07, 6.45) is 1.04. The minimum Gasteiger partial charge on any atom is -0.388 e. The topological polar surface area (TPSA) is 106 Å². The summed E-state index contributed by atoms with van der Waals surface area (Å²) in [5.41, 5.74) is 14.5. The van der Waals surface area contributed by atoms with Crippen molar-refractivity contribution in [2.45, 2.75) is 0 Å². The molecule has 0 amide bonds. The Hall–Kier alpha value is -2.86. The minimum absolute atomic E-state index is 0.00568. The van der Waals surface area contributed by atoms with Crippen LogP contribution in [0.1, 0.15) is 15.9 Å². The van der Waals surface area contributed by atoms with Crippen LogP contribution in [0.4, 0.5) is 5.69 Å². The van der Waals surface area contributed by atoms with Gasteiger partial charge in [-0.25, -0.2) is 10.4 Å². The SMILES string of the molecule is NC=NNC(N)=Nc1ccc(Cl)cc1C(=O)c1ccccc1. The smallest absolute Gasteiger partial charge is 0.214 e. The minimum atomic E-state index is -0.197. The van der Waals surface area contributed by atoms with Gasteiger partial charge in [-0.15, -0.1) is 0 Å². The molecule has 0 aromatic heterocycles. The fraction of sp³-hybridized carbons (Fsp3) is 0. The summed E-state index contributed by atoms with van der Waals surface area (Å²) in [6.45, 7) is 0. The predicted octanol–water partition coefficient (Wildman–Crippen LogP) is 2.01. The monoisotopic (exact) mass is 315 g/mol. The fourth-order valence-corrected chi connectivity index (χ4v) is 1.96. The molecule has 0 heterocycles. The molecule has 0 bridgehead atoms. The second-order valence-electron chi connectivity index (χ2n) is 4.24. The van der Waals surface area contributed by atoms with Gasteiger partial charge in [-0.3, -0.25) is 4.79 Å². The average molecular weight is 316 g/mol. The first kappa shape index (κ1) is 15.5. The van der Waals surface area contributed by atoms with Crippen molar-refractivity contribution in [2.24, 2.45) is 21.6 Å². The summed E-state index contributed by atoms with van der Waals surface area (Å²) >= 11 is 5.98. The van der Waals surface area contributed by atoms with Crippen molar-refractivity contribution in [1.29, 1.82) is 0 Å². The first-order chi connectivity index (χ1) is 10.6. The Labute approximate surface area is 132 Å². The summed E-state index contributed by atoms with van der Waals surface area (Å²) in [6, 6.07) is 13.6. The lowest BCUT2D eigenvalue weighted by molar-refractivity contribution is 0.103. The van der Waals surface area contributed by atoms with Crippen LogP contribution in [0.25, 0.3) is 0 Å². The summed E-state index contributed by atoms with van der Waals surface area (Å²) in [5.74, 6) is -0.192. The van der Waals surface area contributed by atoms with Gasteiger partial charge in [0, 0.05) is 16.1 Å². The van der Waals surface area contributed by atoms with Gasteiger partial charge in [0.15, 0.2) is 5.78 Å². The molecule has 6 nitrogen and oxygen atoms in total. The van der Waals surface area contributed by atoms with Crippen LogP contribution in [0.15, 0.2) is 58.6 Å². The van der Waals surface area contributed by atoms with Crippen LogP contribution in [0, 0.1) is 0 Å². The number of aliphatic imine (C=N–C) groups is 1. The van der Waals surface area contributed by atoms with E-state index in [0.717, 1.165) is 6.34 Å². The number of carbonyl (C=O) groups excluding carboxylic acids is 1. The van der Waals surface area contributed by atoms with Crippen LogP contribution < -0.4 is 16.9 Å². The lowest BCUT2D eigenvalue weighted by Gasteiger charge is -2.07. The molecule has 5 N–H and O–H groups in total. The summed E-state index contributed by atoms with van der Waals surface area (Å²) in [5, 5.41) is 3.99. The number of hydrazone groups is 1. The summed E-state index contributed by atoms with van der Waals surface area (Å²) in [7, 11) is 0. The lowest BCUT2D eigenvalue weighted by Crippen LogP contribution is -2.27. The second kappa shape index (κ2) is 7.24. The zero-order chi connectivity index (χ0) is 15.9. The van der Waals surface area contributed by atoms with Gasteiger partial charge in [0.2, 0.25) is 5.96 Å². The highest BCUT2D eigenvalue weighted by molar-refractivity contribution is 6.31.